The Labute approximate surface area is 258 Å². The smallest absolute Gasteiger partial charge is 0.249 e. The zero-order valence-corrected chi connectivity index (χ0v) is 26.7. The van der Waals surface area contributed by atoms with Gasteiger partial charge in [0.1, 0.15) is 5.82 Å². The zero-order chi connectivity index (χ0) is 31.4. The predicted octanol–water partition coefficient (Wildman–Crippen LogP) is 10.6. The lowest BCUT2D eigenvalue weighted by Gasteiger charge is -2.31. The third-order valence-electron chi connectivity index (χ3n) is 8.76. The largest absolute Gasteiger partial charge is 0.380 e. The number of allylic oxidation sites excluding steroid dienone is 5. The van der Waals surface area contributed by atoms with Gasteiger partial charge in [-0.05, 0) is 93.5 Å². The fraction of sp³-hybridized carbons (Fsp3) is 0.447. The number of nitrogens with one attached hydrogen (secondary N) is 2. The Morgan fingerprint density at radius 3 is 2.60 bits per heavy atom. The molecular weight excluding hydrogens is 536 g/mol. The maximum absolute atomic E-state index is 14.3. The molecule has 1 aromatic carbocycles. The molecule has 2 N–H and O–H groups in total. The molecule has 1 fully saturated rings. The number of nitrogens with zero attached hydrogens (tertiary/aromatic N) is 1. The predicted molar refractivity (Wildman–Crippen MR) is 179 cm³/mol. The molecule has 1 heterocycles. The number of rotatable bonds is 12. The highest BCUT2D eigenvalue weighted by Crippen LogP contribution is 2.57. The van der Waals surface area contributed by atoms with Crippen LogP contribution in [0, 0.1) is 24.2 Å². The van der Waals surface area contributed by atoms with Gasteiger partial charge in [-0.15, -0.1) is 6.58 Å². The second-order valence-electron chi connectivity index (χ2n) is 13.5. The standard InChI is InChI=1S/C38H49F2N3/c1-9-12-26(2)24-36(7,8)43-29(5)31-13-10-14-32(23-31)35-28(4)17-19-34(42-35)41-30(6)37(21-22-37)33-15-11-20-38(39,40)25-27(3)16-18-33/h9-10,13-19,23,26-27,43H,1,5-6,11-12,20-22,24-25H2,2-4,7-8H3,(H,41,42)/b18-16-,33-15+. The van der Waals surface area contributed by atoms with Crippen molar-refractivity contribution in [2.24, 2.45) is 17.3 Å². The van der Waals surface area contributed by atoms with Crippen LogP contribution < -0.4 is 10.6 Å². The fourth-order valence-corrected chi connectivity index (χ4v) is 6.45. The molecule has 0 bridgehead atoms. The summed E-state index contributed by atoms with van der Waals surface area (Å²) >= 11 is 0. The van der Waals surface area contributed by atoms with Gasteiger partial charge in [-0.1, -0.05) is 75.6 Å². The van der Waals surface area contributed by atoms with Crippen LogP contribution in [0.3, 0.4) is 0 Å². The lowest BCUT2D eigenvalue weighted by atomic mass is 9.89. The fourth-order valence-electron chi connectivity index (χ4n) is 6.45. The summed E-state index contributed by atoms with van der Waals surface area (Å²) in [7, 11) is 0. The van der Waals surface area contributed by atoms with Crippen molar-refractivity contribution in [3.63, 3.8) is 0 Å². The minimum Gasteiger partial charge on any atom is -0.380 e. The summed E-state index contributed by atoms with van der Waals surface area (Å²) in [5.74, 6) is -1.56. The number of hydrogen-bond acceptors (Lipinski definition) is 3. The van der Waals surface area contributed by atoms with Crippen LogP contribution in [0.1, 0.15) is 83.8 Å². The second-order valence-corrected chi connectivity index (χ2v) is 13.5. The molecule has 0 saturated heterocycles. The van der Waals surface area contributed by atoms with E-state index >= 15 is 0 Å². The molecular formula is C38H49F2N3. The monoisotopic (exact) mass is 585 g/mol. The van der Waals surface area contributed by atoms with Crippen molar-refractivity contribution >= 4 is 11.5 Å². The molecule has 0 aliphatic heterocycles. The quantitative estimate of drug-likeness (QED) is 0.243. The molecule has 2 aliphatic rings. The van der Waals surface area contributed by atoms with Gasteiger partial charge in [0.15, 0.2) is 0 Å². The first-order valence-electron chi connectivity index (χ1n) is 15.6. The first kappa shape index (κ1) is 32.4. The number of aryl methyl sites for hydroxylation is 1. The molecule has 0 spiro atoms. The second kappa shape index (κ2) is 13.0. The Kier molecular flexibility index (Phi) is 9.83. The lowest BCUT2D eigenvalue weighted by Crippen LogP contribution is -2.39. The molecule has 43 heavy (non-hydrogen) atoms. The van der Waals surface area contributed by atoms with Crippen molar-refractivity contribution in [2.75, 3.05) is 5.32 Å². The lowest BCUT2D eigenvalue weighted by molar-refractivity contribution is -0.0232. The van der Waals surface area contributed by atoms with Crippen LogP contribution in [-0.4, -0.2) is 16.4 Å². The number of anilines is 1. The molecule has 4 rings (SSSR count). The average Bonchev–Trinajstić information content (AvgIpc) is 3.72. The summed E-state index contributed by atoms with van der Waals surface area (Å²) in [4.78, 5) is 5.02. The van der Waals surface area contributed by atoms with E-state index in [-0.39, 0.29) is 29.7 Å². The van der Waals surface area contributed by atoms with Crippen LogP contribution in [0.5, 0.6) is 0 Å². The van der Waals surface area contributed by atoms with E-state index in [1.165, 1.54) is 0 Å². The van der Waals surface area contributed by atoms with Gasteiger partial charge in [0.2, 0.25) is 5.92 Å². The van der Waals surface area contributed by atoms with Crippen LogP contribution >= 0.6 is 0 Å². The summed E-state index contributed by atoms with van der Waals surface area (Å²) < 4.78 is 28.5. The number of aromatic nitrogens is 1. The molecule has 3 nitrogen and oxygen atoms in total. The Bertz CT molecular complexity index is 1410. The number of benzene rings is 1. The van der Waals surface area contributed by atoms with Crippen LogP contribution in [0.2, 0.25) is 0 Å². The SMILES string of the molecule is C=CCC(C)CC(C)(C)NC(=C)c1cccc(-c2nc(NC(=C)C3(C4=C/CCC(F)(F)CC(C)/C=C\4)CC3)ccc2C)c1. The van der Waals surface area contributed by atoms with E-state index in [2.05, 4.69) is 82.3 Å². The van der Waals surface area contributed by atoms with Crippen molar-refractivity contribution in [2.45, 2.75) is 91.0 Å². The van der Waals surface area contributed by atoms with Gasteiger partial charge in [-0.3, -0.25) is 0 Å². The molecule has 0 radical (unpaired) electrons. The molecule has 230 valence electrons. The van der Waals surface area contributed by atoms with E-state index in [9.17, 15) is 8.78 Å². The minimum atomic E-state index is -2.64. The number of pyridine rings is 1. The highest BCUT2D eigenvalue weighted by molar-refractivity contribution is 5.72. The van der Waals surface area contributed by atoms with E-state index in [1.54, 1.807) is 0 Å². The third kappa shape index (κ3) is 8.34. The summed E-state index contributed by atoms with van der Waals surface area (Å²) in [5, 5.41) is 7.13. The maximum Gasteiger partial charge on any atom is 0.249 e. The molecule has 2 aliphatic carbocycles. The molecule has 2 aromatic rings. The van der Waals surface area contributed by atoms with Gasteiger partial charge in [-0.25, -0.2) is 13.8 Å². The summed E-state index contributed by atoms with van der Waals surface area (Å²) in [6, 6.07) is 12.4. The van der Waals surface area contributed by atoms with Crippen molar-refractivity contribution in [1.29, 1.82) is 0 Å². The Hall–Kier alpha value is -3.47. The summed E-state index contributed by atoms with van der Waals surface area (Å²) in [5.41, 5.74) is 6.50. The van der Waals surface area contributed by atoms with Crippen molar-refractivity contribution in [3.05, 3.63) is 103 Å². The molecule has 2 atom stereocenters. The highest BCUT2D eigenvalue weighted by Gasteiger charge is 2.48. The van der Waals surface area contributed by atoms with Crippen LogP contribution in [0.25, 0.3) is 17.0 Å². The van der Waals surface area contributed by atoms with Gasteiger partial charge in [0.25, 0.3) is 0 Å². The number of hydrogen-bond donors (Lipinski definition) is 2. The van der Waals surface area contributed by atoms with Crippen molar-refractivity contribution in [3.8, 4) is 11.3 Å². The van der Waals surface area contributed by atoms with Crippen molar-refractivity contribution in [1.82, 2.24) is 10.3 Å². The molecule has 1 saturated carbocycles. The maximum atomic E-state index is 14.3. The Morgan fingerprint density at radius 1 is 1.16 bits per heavy atom. The molecule has 5 heteroatoms. The average molecular weight is 586 g/mol. The van der Waals surface area contributed by atoms with Crippen LogP contribution in [0.4, 0.5) is 14.6 Å². The first-order chi connectivity index (χ1) is 20.2. The zero-order valence-electron chi connectivity index (χ0n) is 26.7. The van der Waals surface area contributed by atoms with Gasteiger partial charge in [0, 0.05) is 40.8 Å². The summed E-state index contributed by atoms with van der Waals surface area (Å²) in [6.45, 7) is 23.3. The van der Waals surface area contributed by atoms with E-state index in [0.717, 1.165) is 70.9 Å². The molecule has 0 amide bonds. The van der Waals surface area contributed by atoms with E-state index in [1.807, 2.05) is 43.4 Å². The number of alkyl halides is 2. The van der Waals surface area contributed by atoms with Gasteiger partial charge in [0.05, 0.1) is 5.69 Å². The highest BCUT2D eigenvalue weighted by atomic mass is 19.3. The number of halogens is 2. The molecule has 2 unspecified atom stereocenters. The van der Waals surface area contributed by atoms with E-state index in [0.29, 0.717) is 12.3 Å². The third-order valence-corrected chi connectivity index (χ3v) is 8.76. The van der Waals surface area contributed by atoms with Crippen LogP contribution in [-0.2, 0) is 0 Å². The normalized spacial score (nSPS) is 22.0. The van der Waals surface area contributed by atoms with Gasteiger partial charge < -0.3 is 10.6 Å². The van der Waals surface area contributed by atoms with Crippen molar-refractivity contribution < 1.29 is 8.78 Å². The van der Waals surface area contributed by atoms with Gasteiger partial charge in [-0.2, -0.15) is 0 Å². The topological polar surface area (TPSA) is 37.0 Å². The van der Waals surface area contributed by atoms with Gasteiger partial charge >= 0.3 is 0 Å². The summed E-state index contributed by atoms with van der Waals surface area (Å²) in [6.07, 6.45) is 12.0. The first-order valence-corrected chi connectivity index (χ1v) is 15.6. The van der Waals surface area contributed by atoms with E-state index < -0.39 is 5.92 Å². The van der Waals surface area contributed by atoms with E-state index in [4.69, 9.17) is 4.98 Å². The Balaban J connectivity index is 1.51. The Morgan fingerprint density at radius 2 is 1.91 bits per heavy atom. The van der Waals surface area contributed by atoms with Crippen LogP contribution in [0.15, 0.2) is 91.7 Å². The minimum absolute atomic E-state index is 0.105. The molecule has 1 aromatic heterocycles.